The van der Waals surface area contributed by atoms with Gasteiger partial charge < -0.3 is 8.94 Å². The molecule has 0 bridgehead atoms. The summed E-state index contributed by atoms with van der Waals surface area (Å²) in [4.78, 5) is 4.91. The maximum absolute atomic E-state index is 13.7. The minimum absolute atomic E-state index is 0.503. The SMILES string of the molecule is Fc1ccc(-c2noc3c2CN(C2CCN(Cc4ccco4)CC2)CC3)cc1F. The molecular formula is C22H23F2N3O2. The fourth-order valence-corrected chi connectivity index (χ4v) is 4.48. The van der Waals surface area contributed by atoms with Crippen LogP contribution in [0.3, 0.4) is 0 Å². The number of rotatable bonds is 4. The van der Waals surface area contributed by atoms with Crippen molar-refractivity contribution in [3.63, 3.8) is 0 Å². The van der Waals surface area contributed by atoms with Crippen LogP contribution in [-0.4, -0.2) is 40.6 Å². The van der Waals surface area contributed by atoms with Crippen molar-refractivity contribution >= 4 is 0 Å². The predicted octanol–water partition coefficient (Wildman–Crippen LogP) is 4.24. The molecule has 0 saturated carbocycles. The van der Waals surface area contributed by atoms with E-state index in [4.69, 9.17) is 8.94 Å². The molecule has 0 atom stereocenters. The number of likely N-dealkylation sites (tertiary alicyclic amines) is 1. The average molecular weight is 399 g/mol. The van der Waals surface area contributed by atoms with Crippen molar-refractivity contribution in [1.82, 2.24) is 15.0 Å². The first-order valence-electron chi connectivity index (χ1n) is 10.1. The molecule has 0 unspecified atom stereocenters. The van der Waals surface area contributed by atoms with E-state index in [0.29, 0.717) is 17.3 Å². The minimum atomic E-state index is -0.865. The van der Waals surface area contributed by atoms with Crippen LogP contribution in [0, 0.1) is 11.6 Å². The molecular weight excluding hydrogens is 376 g/mol. The Bertz CT molecular complexity index is 978. The standard InChI is InChI=1S/C22H23F2N3O2/c23-19-4-3-15(12-20(19)24)22-18-14-27(10-7-21(18)29-25-22)16-5-8-26(9-6-16)13-17-2-1-11-28-17/h1-4,11-12,16H,5-10,13-14H2. The number of hydrogen-bond acceptors (Lipinski definition) is 5. The summed E-state index contributed by atoms with van der Waals surface area (Å²) in [5, 5.41) is 4.16. The summed E-state index contributed by atoms with van der Waals surface area (Å²) >= 11 is 0. The topological polar surface area (TPSA) is 45.7 Å². The average Bonchev–Trinajstić information content (AvgIpc) is 3.40. The molecule has 7 heteroatoms. The molecule has 2 aromatic heterocycles. The van der Waals surface area contributed by atoms with Crippen LogP contribution in [0.4, 0.5) is 8.78 Å². The molecule has 152 valence electrons. The lowest BCUT2D eigenvalue weighted by atomic mass is 9.96. The molecule has 2 aliphatic heterocycles. The molecule has 0 aliphatic carbocycles. The highest BCUT2D eigenvalue weighted by molar-refractivity contribution is 5.63. The molecule has 1 aromatic carbocycles. The summed E-state index contributed by atoms with van der Waals surface area (Å²) in [6.45, 7) is 4.59. The number of aromatic nitrogens is 1. The van der Waals surface area contributed by atoms with Gasteiger partial charge in [0.25, 0.3) is 0 Å². The molecule has 0 N–H and O–H groups in total. The first-order valence-corrected chi connectivity index (χ1v) is 10.1. The second kappa shape index (κ2) is 7.72. The quantitative estimate of drug-likeness (QED) is 0.657. The van der Waals surface area contributed by atoms with Crippen molar-refractivity contribution in [2.45, 2.75) is 38.4 Å². The van der Waals surface area contributed by atoms with Gasteiger partial charge in [-0.15, -0.1) is 0 Å². The zero-order chi connectivity index (χ0) is 19.8. The van der Waals surface area contributed by atoms with Crippen molar-refractivity contribution in [3.05, 3.63) is 65.3 Å². The van der Waals surface area contributed by atoms with E-state index in [1.807, 2.05) is 12.1 Å². The highest BCUT2D eigenvalue weighted by Gasteiger charge is 2.31. The lowest BCUT2D eigenvalue weighted by molar-refractivity contribution is 0.0888. The third-order valence-corrected chi connectivity index (χ3v) is 6.08. The van der Waals surface area contributed by atoms with Crippen LogP contribution in [-0.2, 0) is 19.5 Å². The maximum atomic E-state index is 13.7. The molecule has 0 radical (unpaired) electrons. The van der Waals surface area contributed by atoms with Gasteiger partial charge >= 0.3 is 0 Å². The van der Waals surface area contributed by atoms with Crippen molar-refractivity contribution in [1.29, 1.82) is 0 Å². The molecule has 0 spiro atoms. The summed E-state index contributed by atoms with van der Waals surface area (Å²) < 4.78 is 38.0. The molecule has 4 heterocycles. The summed E-state index contributed by atoms with van der Waals surface area (Å²) in [7, 11) is 0. The van der Waals surface area contributed by atoms with Gasteiger partial charge in [-0.3, -0.25) is 9.80 Å². The Morgan fingerprint density at radius 3 is 2.69 bits per heavy atom. The van der Waals surface area contributed by atoms with E-state index in [-0.39, 0.29) is 0 Å². The molecule has 29 heavy (non-hydrogen) atoms. The first kappa shape index (κ1) is 18.5. The van der Waals surface area contributed by atoms with E-state index in [1.54, 1.807) is 12.3 Å². The molecule has 1 fully saturated rings. The lowest BCUT2D eigenvalue weighted by Gasteiger charge is -2.39. The molecule has 5 nitrogen and oxygen atoms in total. The Morgan fingerprint density at radius 2 is 1.93 bits per heavy atom. The molecule has 2 aliphatic rings. The number of furan rings is 1. The monoisotopic (exact) mass is 399 g/mol. The number of halogens is 2. The smallest absolute Gasteiger partial charge is 0.159 e. The van der Waals surface area contributed by atoms with Gasteiger partial charge in [-0.1, -0.05) is 5.16 Å². The zero-order valence-corrected chi connectivity index (χ0v) is 16.1. The van der Waals surface area contributed by atoms with Gasteiger partial charge in [-0.2, -0.15) is 0 Å². The zero-order valence-electron chi connectivity index (χ0n) is 16.1. The Labute approximate surface area is 167 Å². The molecule has 5 rings (SSSR count). The Balaban J connectivity index is 1.26. The van der Waals surface area contributed by atoms with Crippen molar-refractivity contribution in [3.8, 4) is 11.3 Å². The van der Waals surface area contributed by atoms with Crippen molar-refractivity contribution in [2.24, 2.45) is 0 Å². The fourth-order valence-electron chi connectivity index (χ4n) is 4.48. The number of benzene rings is 1. The second-order valence-corrected chi connectivity index (χ2v) is 7.87. The van der Waals surface area contributed by atoms with Gasteiger partial charge in [-0.05, 0) is 43.2 Å². The van der Waals surface area contributed by atoms with Gasteiger partial charge in [0.05, 0.1) is 12.8 Å². The van der Waals surface area contributed by atoms with Gasteiger partial charge in [0.1, 0.15) is 17.2 Å². The Morgan fingerprint density at radius 1 is 1.07 bits per heavy atom. The van der Waals surface area contributed by atoms with Gasteiger partial charge in [0.15, 0.2) is 11.6 Å². The summed E-state index contributed by atoms with van der Waals surface area (Å²) in [6.07, 6.45) is 4.71. The first-order chi connectivity index (χ1) is 14.2. The molecule has 1 saturated heterocycles. The van der Waals surface area contributed by atoms with E-state index in [0.717, 1.165) is 75.1 Å². The highest BCUT2D eigenvalue weighted by Crippen LogP contribution is 2.32. The summed E-state index contributed by atoms with van der Waals surface area (Å²) in [6, 6.07) is 8.34. The highest BCUT2D eigenvalue weighted by atomic mass is 19.2. The van der Waals surface area contributed by atoms with E-state index < -0.39 is 11.6 Å². The van der Waals surface area contributed by atoms with Crippen LogP contribution < -0.4 is 0 Å². The Kier molecular flexibility index (Phi) is 4.93. The maximum Gasteiger partial charge on any atom is 0.159 e. The predicted molar refractivity (Wildman–Crippen MR) is 103 cm³/mol. The number of piperidine rings is 1. The van der Waals surface area contributed by atoms with Crippen LogP contribution in [0.2, 0.25) is 0 Å². The normalized spacial score (nSPS) is 18.8. The largest absolute Gasteiger partial charge is 0.468 e. The third-order valence-electron chi connectivity index (χ3n) is 6.08. The van der Waals surface area contributed by atoms with E-state index in [1.165, 1.54) is 6.07 Å². The lowest BCUT2D eigenvalue weighted by Crippen LogP contribution is -2.46. The van der Waals surface area contributed by atoms with Gasteiger partial charge in [0.2, 0.25) is 0 Å². The van der Waals surface area contributed by atoms with Crippen LogP contribution in [0.25, 0.3) is 11.3 Å². The van der Waals surface area contributed by atoms with Crippen LogP contribution >= 0.6 is 0 Å². The minimum Gasteiger partial charge on any atom is -0.468 e. The second-order valence-electron chi connectivity index (χ2n) is 7.87. The fraction of sp³-hybridized carbons (Fsp3) is 0.409. The van der Waals surface area contributed by atoms with E-state index >= 15 is 0 Å². The summed E-state index contributed by atoms with van der Waals surface area (Å²) in [5.74, 6) is 0.146. The molecule has 3 aromatic rings. The Hall–Kier alpha value is -2.51. The van der Waals surface area contributed by atoms with Crippen molar-refractivity contribution < 1.29 is 17.7 Å². The number of nitrogens with zero attached hydrogens (tertiary/aromatic N) is 3. The van der Waals surface area contributed by atoms with E-state index in [2.05, 4.69) is 15.0 Å². The van der Waals surface area contributed by atoms with Crippen LogP contribution in [0.5, 0.6) is 0 Å². The van der Waals surface area contributed by atoms with Gasteiger partial charge in [-0.25, -0.2) is 8.78 Å². The van der Waals surface area contributed by atoms with Crippen LogP contribution in [0.15, 0.2) is 45.5 Å². The van der Waals surface area contributed by atoms with Crippen molar-refractivity contribution in [2.75, 3.05) is 19.6 Å². The van der Waals surface area contributed by atoms with Gasteiger partial charge in [0, 0.05) is 49.8 Å². The molecule has 0 amide bonds. The van der Waals surface area contributed by atoms with E-state index in [9.17, 15) is 8.78 Å². The number of hydrogen-bond donors (Lipinski definition) is 0. The third kappa shape index (κ3) is 3.72. The summed E-state index contributed by atoms with van der Waals surface area (Å²) in [5.41, 5.74) is 2.18. The number of fused-ring (bicyclic) bond motifs is 1. The van der Waals surface area contributed by atoms with Crippen LogP contribution in [0.1, 0.15) is 29.9 Å².